The van der Waals surface area contributed by atoms with Gasteiger partial charge in [-0.15, -0.1) is 0 Å². The first kappa shape index (κ1) is 15.4. The molecule has 0 unspecified atom stereocenters. The number of hydrogen-bond acceptors (Lipinski definition) is 3. The number of aldehydes is 1. The van der Waals surface area contributed by atoms with Gasteiger partial charge in [0.1, 0.15) is 12.4 Å². The molecule has 0 radical (unpaired) electrons. The Balaban J connectivity index is 3.07. The Morgan fingerprint density at radius 1 is 1.26 bits per heavy atom. The van der Waals surface area contributed by atoms with Crippen LogP contribution >= 0.6 is 0 Å². The molecular formula is C16H22O3. The maximum absolute atomic E-state index is 11.7. The van der Waals surface area contributed by atoms with Gasteiger partial charge >= 0.3 is 5.97 Å². The van der Waals surface area contributed by atoms with Gasteiger partial charge in [0.2, 0.25) is 0 Å². The Morgan fingerprint density at radius 2 is 1.84 bits per heavy atom. The van der Waals surface area contributed by atoms with Crippen molar-refractivity contribution in [3.63, 3.8) is 0 Å². The molecule has 19 heavy (non-hydrogen) atoms. The fourth-order valence-corrected chi connectivity index (χ4v) is 2.49. The van der Waals surface area contributed by atoms with Gasteiger partial charge in [0.05, 0.1) is 5.41 Å². The van der Waals surface area contributed by atoms with Crippen molar-refractivity contribution in [3.05, 3.63) is 35.9 Å². The van der Waals surface area contributed by atoms with Gasteiger partial charge in [0, 0.05) is 13.3 Å². The van der Waals surface area contributed by atoms with Crippen LogP contribution in [0.3, 0.4) is 0 Å². The van der Waals surface area contributed by atoms with Gasteiger partial charge in [0.15, 0.2) is 0 Å². The van der Waals surface area contributed by atoms with Crippen LogP contribution in [0.1, 0.15) is 39.7 Å². The second-order valence-corrected chi connectivity index (χ2v) is 5.30. The molecule has 1 aromatic carbocycles. The summed E-state index contributed by atoms with van der Waals surface area (Å²) in [6, 6.07) is 9.68. The molecule has 0 N–H and O–H groups in total. The number of rotatable bonds is 6. The standard InChI is InChI=1S/C16H22O3/c1-12(2)16(11-17,10-13(3)19-14(4)18)15-8-6-5-7-9-15/h5-9,11-13H,10H2,1-4H3/t13-,16-/m1/s1. The number of esters is 1. The van der Waals surface area contributed by atoms with Crippen molar-refractivity contribution in [1.82, 2.24) is 0 Å². The Bertz CT molecular complexity index is 425. The van der Waals surface area contributed by atoms with E-state index in [1.165, 1.54) is 6.92 Å². The van der Waals surface area contributed by atoms with Crippen LogP contribution < -0.4 is 0 Å². The monoisotopic (exact) mass is 262 g/mol. The zero-order valence-corrected chi connectivity index (χ0v) is 12.1. The highest BCUT2D eigenvalue weighted by Crippen LogP contribution is 2.35. The lowest BCUT2D eigenvalue weighted by molar-refractivity contribution is -0.147. The van der Waals surface area contributed by atoms with Gasteiger partial charge in [-0.3, -0.25) is 4.79 Å². The van der Waals surface area contributed by atoms with Crippen LogP contribution in [0, 0.1) is 5.92 Å². The van der Waals surface area contributed by atoms with E-state index in [4.69, 9.17) is 4.74 Å². The van der Waals surface area contributed by atoms with E-state index in [2.05, 4.69) is 0 Å². The fraction of sp³-hybridized carbons (Fsp3) is 0.500. The van der Waals surface area contributed by atoms with E-state index in [1.807, 2.05) is 51.1 Å². The minimum atomic E-state index is -0.615. The van der Waals surface area contributed by atoms with Gasteiger partial charge in [0.25, 0.3) is 0 Å². The number of carbonyl (C=O) groups excluding carboxylic acids is 2. The van der Waals surface area contributed by atoms with Crippen molar-refractivity contribution in [2.24, 2.45) is 5.92 Å². The average molecular weight is 262 g/mol. The number of benzene rings is 1. The van der Waals surface area contributed by atoms with E-state index in [1.54, 1.807) is 0 Å². The summed E-state index contributed by atoms with van der Waals surface area (Å²) in [5.41, 5.74) is 0.356. The third-order valence-electron chi connectivity index (χ3n) is 3.54. The zero-order chi connectivity index (χ0) is 14.5. The van der Waals surface area contributed by atoms with Crippen LogP contribution in [-0.4, -0.2) is 18.4 Å². The Labute approximate surface area is 115 Å². The lowest BCUT2D eigenvalue weighted by Crippen LogP contribution is -2.38. The first-order valence-corrected chi connectivity index (χ1v) is 6.61. The fourth-order valence-electron chi connectivity index (χ4n) is 2.49. The summed E-state index contributed by atoms with van der Waals surface area (Å²) in [4.78, 5) is 22.8. The molecule has 1 aromatic rings. The molecule has 0 saturated heterocycles. The minimum absolute atomic E-state index is 0.130. The van der Waals surface area contributed by atoms with E-state index in [-0.39, 0.29) is 18.0 Å². The lowest BCUT2D eigenvalue weighted by atomic mass is 9.69. The molecule has 104 valence electrons. The van der Waals surface area contributed by atoms with E-state index >= 15 is 0 Å². The van der Waals surface area contributed by atoms with Gasteiger partial charge < -0.3 is 9.53 Å². The molecule has 0 fully saturated rings. The number of hydrogen-bond donors (Lipinski definition) is 0. The Hall–Kier alpha value is -1.64. The summed E-state index contributed by atoms with van der Waals surface area (Å²) >= 11 is 0. The molecule has 0 heterocycles. The minimum Gasteiger partial charge on any atom is -0.463 e. The lowest BCUT2D eigenvalue weighted by Gasteiger charge is -2.34. The Kier molecular flexibility index (Phi) is 5.28. The van der Waals surface area contributed by atoms with Crippen LogP contribution in [0.15, 0.2) is 30.3 Å². The van der Waals surface area contributed by atoms with Crippen molar-refractivity contribution < 1.29 is 14.3 Å². The molecule has 1 rings (SSSR count). The molecule has 0 aromatic heterocycles. The molecule has 0 bridgehead atoms. The average Bonchev–Trinajstić information content (AvgIpc) is 2.35. The van der Waals surface area contributed by atoms with Gasteiger partial charge in [-0.05, 0) is 18.4 Å². The quantitative estimate of drug-likeness (QED) is 0.584. The van der Waals surface area contributed by atoms with Crippen LogP contribution in [-0.2, 0) is 19.7 Å². The molecule has 3 nitrogen and oxygen atoms in total. The first-order valence-electron chi connectivity index (χ1n) is 6.61. The van der Waals surface area contributed by atoms with Gasteiger partial charge in [-0.2, -0.15) is 0 Å². The van der Waals surface area contributed by atoms with E-state index < -0.39 is 5.41 Å². The first-order chi connectivity index (χ1) is 8.92. The van der Waals surface area contributed by atoms with E-state index in [0.29, 0.717) is 6.42 Å². The third kappa shape index (κ3) is 3.66. The molecule has 2 atom stereocenters. The topological polar surface area (TPSA) is 43.4 Å². The second kappa shape index (κ2) is 6.50. The van der Waals surface area contributed by atoms with Crippen molar-refractivity contribution in [2.75, 3.05) is 0 Å². The second-order valence-electron chi connectivity index (χ2n) is 5.30. The molecule has 0 spiro atoms. The van der Waals surface area contributed by atoms with Gasteiger partial charge in [-0.25, -0.2) is 0 Å². The van der Waals surface area contributed by atoms with Crippen molar-refractivity contribution >= 4 is 12.3 Å². The van der Waals surface area contributed by atoms with E-state index in [9.17, 15) is 9.59 Å². The summed E-state index contributed by atoms with van der Waals surface area (Å²) < 4.78 is 5.18. The zero-order valence-electron chi connectivity index (χ0n) is 12.1. The van der Waals surface area contributed by atoms with Crippen LogP contribution in [0.5, 0.6) is 0 Å². The summed E-state index contributed by atoms with van der Waals surface area (Å²) in [7, 11) is 0. The predicted molar refractivity (Wildman–Crippen MR) is 74.9 cm³/mol. The largest absolute Gasteiger partial charge is 0.463 e. The van der Waals surface area contributed by atoms with Crippen LogP contribution in [0.2, 0.25) is 0 Å². The summed E-state index contributed by atoms with van der Waals surface area (Å²) in [5, 5.41) is 0. The normalized spacial score (nSPS) is 15.6. The molecule has 0 amide bonds. The Morgan fingerprint density at radius 3 is 2.26 bits per heavy atom. The molecule has 0 saturated carbocycles. The highest BCUT2D eigenvalue weighted by molar-refractivity contribution is 5.70. The van der Waals surface area contributed by atoms with Crippen molar-refractivity contribution in [3.8, 4) is 0 Å². The van der Waals surface area contributed by atoms with Crippen LogP contribution in [0.4, 0.5) is 0 Å². The van der Waals surface area contributed by atoms with Crippen LogP contribution in [0.25, 0.3) is 0 Å². The van der Waals surface area contributed by atoms with Crippen molar-refractivity contribution in [1.29, 1.82) is 0 Å². The van der Waals surface area contributed by atoms with Crippen molar-refractivity contribution in [2.45, 2.75) is 45.6 Å². The van der Waals surface area contributed by atoms with E-state index in [0.717, 1.165) is 11.8 Å². The maximum Gasteiger partial charge on any atom is 0.302 e. The predicted octanol–water partition coefficient (Wildman–Crippen LogP) is 3.12. The third-order valence-corrected chi connectivity index (χ3v) is 3.54. The molecular weight excluding hydrogens is 240 g/mol. The molecule has 3 heteroatoms. The summed E-state index contributed by atoms with van der Waals surface area (Å²) in [5.74, 6) is -0.186. The molecule has 0 aliphatic carbocycles. The highest BCUT2D eigenvalue weighted by Gasteiger charge is 2.37. The number of carbonyl (C=O) groups is 2. The molecule has 0 aliphatic heterocycles. The smallest absolute Gasteiger partial charge is 0.302 e. The summed E-state index contributed by atoms with van der Waals surface area (Å²) in [6.45, 7) is 7.24. The number of ether oxygens (including phenoxy) is 1. The maximum atomic E-state index is 11.7. The summed E-state index contributed by atoms with van der Waals surface area (Å²) in [6.07, 6.45) is 1.20. The van der Waals surface area contributed by atoms with Gasteiger partial charge in [-0.1, -0.05) is 44.2 Å². The highest BCUT2D eigenvalue weighted by atomic mass is 16.5. The SMILES string of the molecule is CC(=O)O[C@H](C)C[C@](C=O)(c1ccccc1)C(C)C. The molecule has 0 aliphatic rings.